The lowest BCUT2D eigenvalue weighted by Gasteiger charge is -2.38. The van der Waals surface area contributed by atoms with Crippen LogP contribution in [0.2, 0.25) is 10.0 Å². The van der Waals surface area contributed by atoms with Gasteiger partial charge in [0.2, 0.25) is 0 Å². The highest BCUT2D eigenvalue weighted by Gasteiger charge is 2.26. The van der Waals surface area contributed by atoms with E-state index in [-0.39, 0.29) is 28.6 Å². The summed E-state index contributed by atoms with van der Waals surface area (Å²) in [7, 11) is 0. The van der Waals surface area contributed by atoms with Gasteiger partial charge in [-0.25, -0.2) is 4.79 Å². The summed E-state index contributed by atoms with van der Waals surface area (Å²) < 4.78 is 5.21. The van der Waals surface area contributed by atoms with Crippen molar-refractivity contribution >= 4 is 52.1 Å². The van der Waals surface area contributed by atoms with Crippen LogP contribution in [0, 0.1) is 0 Å². The van der Waals surface area contributed by atoms with Crippen molar-refractivity contribution in [1.82, 2.24) is 5.32 Å². The van der Waals surface area contributed by atoms with Gasteiger partial charge in [-0.05, 0) is 48.9 Å². The molecule has 0 radical (unpaired) electrons. The molecule has 7 nitrogen and oxygen atoms in total. The number of para-hydroxylation sites is 1. The molecule has 1 aliphatic rings. The summed E-state index contributed by atoms with van der Waals surface area (Å²) >= 11 is 12.4. The van der Waals surface area contributed by atoms with Crippen LogP contribution in [-0.4, -0.2) is 50.7 Å². The molecule has 1 atom stereocenters. The number of nitrogen functional groups attached to an aromatic ring is 1. The number of nitrogens with two attached hydrogens (primary N) is 1. The van der Waals surface area contributed by atoms with Gasteiger partial charge in [0.25, 0.3) is 5.91 Å². The van der Waals surface area contributed by atoms with Gasteiger partial charge in [-0.2, -0.15) is 0 Å². The van der Waals surface area contributed by atoms with E-state index < -0.39 is 17.9 Å². The number of nitrogens with zero attached hydrogens (tertiary/aromatic N) is 2. The highest BCUT2D eigenvalue weighted by Crippen LogP contribution is 2.28. The first-order valence-electron chi connectivity index (χ1n) is 12.2. The van der Waals surface area contributed by atoms with Crippen LogP contribution in [0.1, 0.15) is 22.8 Å². The molecule has 0 unspecified atom stereocenters. The number of rotatable bonds is 8. The number of carbonyl (C=O) groups excluding carboxylic acids is 2. The van der Waals surface area contributed by atoms with Gasteiger partial charge >= 0.3 is 5.97 Å². The van der Waals surface area contributed by atoms with Gasteiger partial charge in [0, 0.05) is 38.3 Å². The van der Waals surface area contributed by atoms with Crippen LogP contribution in [0.3, 0.4) is 0 Å². The normalized spacial score (nSPS) is 14.2. The van der Waals surface area contributed by atoms with Crippen molar-refractivity contribution in [2.45, 2.75) is 19.4 Å². The third-order valence-electron chi connectivity index (χ3n) is 6.34. The van der Waals surface area contributed by atoms with Gasteiger partial charge in [0.1, 0.15) is 6.04 Å². The van der Waals surface area contributed by atoms with Crippen LogP contribution in [-0.2, 0) is 16.0 Å². The minimum absolute atomic E-state index is 0.115. The lowest BCUT2D eigenvalue weighted by atomic mass is 10.0. The molecule has 3 N–H and O–H groups in total. The Kier molecular flexibility index (Phi) is 8.79. The molecule has 3 aromatic carbocycles. The van der Waals surface area contributed by atoms with Crippen LogP contribution < -0.4 is 20.9 Å². The van der Waals surface area contributed by atoms with E-state index in [1.165, 1.54) is 5.69 Å². The fraction of sp³-hybridized carbons (Fsp3) is 0.286. The number of carbonyl (C=O) groups is 2. The molecule has 0 spiro atoms. The Hall–Kier alpha value is -3.42. The van der Waals surface area contributed by atoms with Crippen molar-refractivity contribution in [3.05, 3.63) is 87.9 Å². The maximum absolute atomic E-state index is 12.9. The van der Waals surface area contributed by atoms with Crippen molar-refractivity contribution in [2.24, 2.45) is 0 Å². The molecule has 1 amide bonds. The molecule has 9 heteroatoms. The minimum atomic E-state index is -0.931. The van der Waals surface area contributed by atoms with E-state index in [4.69, 9.17) is 33.7 Å². The summed E-state index contributed by atoms with van der Waals surface area (Å²) in [5, 5.41) is 3.13. The molecular formula is C28H30Cl2N4O3. The second kappa shape index (κ2) is 12.2. The second-order valence-corrected chi connectivity index (χ2v) is 9.60. The Bertz CT molecular complexity index is 1230. The zero-order valence-electron chi connectivity index (χ0n) is 20.6. The van der Waals surface area contributed by atoms with E-state index in [1.807, 2.05) is 36.4 Å². The monoisotopic (exact) mass is 540 g/mol. The quantitative estimate of drug-likeness (QED) is 0.315. The predicted octanol–water partition coefficient (Wildman–Crippen LogP) is 4.81. The van der Waals surface area contributed by atoms with E-state index in [1.54, 1.807) is 25.1 Å². The summed E-state index contributed by atoms with van der Waals surface area (Å²) in [6.07, 6.45) is 0.207. The van der Waals surface area contributed by atoms with Crippen LogP contribution in [0.4, 0.5) is 17.1 Å². The predicted molar refractivity (Wildman–Crippen MR) is 150 cm³/mol. The number of piperazine rings is 1. The zero-order chi connectivity index (χ0) is 26.4. The average molecular weight is 541 g/mol. The Balaban J connectivity index is 1.45. The third kappa shape index (κ3) is 6.48. The zero-order valence-corrected chi connectivity index (χ0v) is 22.1. The lowest BCUT2D eigenvalue weighted by Crippen LogP contribution is -2.46. The molecule has 0 bridgehead atoms. The fourth-order valence-electron chi connectivity index (χ4n) is 4.48. The highest BCUT2D eigenvalue weighted by molar-refractivity contribution is 6.39. The van der Waals surface area contributed by atoms with Gasteiger partial charge in [-0.15, -0.1) is 0 Å². The maximum atomic E-state index is 12.9. The molecule has 1 fully saturated rings. The molecule has 3 aromatic rings. The van der Waals surface area contributed by atoms with E-state index >= 15 is 0 Å². The number of anilines is 3. The van der Waals surface area contributed by atoms with Crippen molar-refractivity contribution in [2.75, 3.05) is 48.3 Å². The lowest BCUT2D eigenvalue weighted by molar-refractivity contribution is -0.145. The van der Waals surface area contributed by atoms with Gasteiger partial charge < -0.3 is 25.6 Å². The molecule has 0 aromatic heterocycles. The van der Waals surface area contributed by atoms with Crippen molar-refractivity contribution in [1.29, 1.82) is 0 Å². The molecular weight excluding hydrogens is 511 g/mol. The van der Waals surface area contributed by atoms with Crippen molar-refractivity contribution < 1.29 is 14.3 Å². The number of ether oxygens (including phenoxy) is 1. The van der Waals surface area contributed by atoms with Crippen LogP contribution in [0.25, 0.3) is 0 Å². The number of esters is 1. The first-order valence-corrected chi connectivity index (χ1v) is 13.0. The van der Waals surface area contributed by atoms with Gasteiger partial charge in [0.05, 0.1) is 33.6 Å². The van der Waals surface area contributed by atoms with Gasteiger partial charge in [-0.3, -0.25) is 4.79 Å². The molecule has 1 aliphatic heterocycles. The minimum Gasteiger partial charge on any atom is -0.464 e. The van der Waals surface area contributed by atoms with E-state index in [0.29, 0.717) is 5.69 Å². The molecule has 0 aliphatic carbocycles. The number of hydrogen-bond donors (Lipinski definition) is 2. The maximum Gasteiger partial charge on any atom is 0.328 e. The number of benzene rings is 3. The Morgan fingerprint density at radius 1 is 0.946 bits per heavy atom. The first-order chi connectivity index (χ1) is 17.9. The molecule has 194 valence electrons. The topological polar surface area (TPSA) is 87.9 Å². The van der Waals surface area contributed by atoms with Crippen molar-refractivity contribution in [3.8, 4) is 0 Å². The first kappa shape index (κ1) is 26.6. The summed E-state index contributed by atoms with van der Waals surface area (Å²) in [5.41, 5.74) is 10.2. The summed E-state index contributed by atoms with van der Waals surface area (Å²) in [4.78, 5) is 30.2. The number of nitrogens with one attached hydrogen (secondary N) is 1. The standard InChI is InChI=1S/C28H30Cl2N4O3/c1-2-37-28(36)24(32-27(35)26-21(29)9-6-10-22(26)30)18-19-11-12-25(23(31)17-19)34-15-13-33(14-16-34)20-7-4-3-5-8-20/h3-12,17,24H,2,13-16,18,31H2,1H3,(H,32,35)/t24-/m0/s1. The number of halogens is 2. The fourth-order valence-corrected chi connectivity index (χ4v) is 5.05. The SMILES string of the molecule is CCOC(=O)[C@H](Cc1ccc(N2CCN(c3ccccc3)CC2)c(N)c1)NC(=O)c1c(Cl)cccc1Cl. The third-order valence-corrected chi connectivity index (χ3v) is 6.97. The molecule has 1 saturated heterocycles. The van der Waals surface area contributed by atoms with Crippen molar-refractivity contribution in [3.63, 3.8) is 0 Å². The molecule has 1 heterocycles. The van der Waals surface area contributed by atoms with Crippen LogP contribution >= 0.6 is 23.2 Å². The number of hydrogen-bond acceptors (Lipinski definition) is 6. The van der Waals surface area contributed by atoms with Crippen LogP contribution in [0.15, 0.2) is 66.7 Å². The molecule has 37 heavy (non-hydrogen) atoms. The highest BCUT2D eigenvalue weighted by atomic mass is 35.5. The van der Waals surface area contributed by atoms with Crippen LogP contribution in [0.5, 0.6) is 0 Å². The van der Waals surface area contributed by atoms with E-state index in [0.717, 1.165) is 37.4 Å². The molecule has 0 saturated carbocycles. The second-order valence-electron chi connectivity index (χ2n) is 8.78. The summed E-state index contributed by atoms with van der Waals surface area (Å²) in [6, 6.07) is 20.0. The Morgan fingerprint density at radius 3 is 2.22 bits per heavy atom. The van der Waals surface area contributed by atoms with E-state index in [9.17, 15) is 9.59 Å². The summed E-state index contributed by atoms with van der Waals surface area (Å²) in [5.74, 6) is -1.09. The van der Waals surface area contributed by atoms with E-state index in [2.05, 4.69) is 27.2 Å². The summed E-state index contributed by atoms with van der Waals surface area (Å²) in [6.45, 7) is 5.39. The Morgan fingerprint density at radius 2 is 1.59 bits per heavy atom. The van der Waals surface area contributed by atoms with Gasteiger partial charge in [-0.1, -0.05) is 53.5 Å². The number of amides is 1. The van der Waals surface area contributed by atoms with Gasteiger partial charge in [0.15, 0.2) is 0 Å². The smallest absolute Gasteiger partial charge is 0.328 e. The molecule has 4 rings (SSSR count). The largest absolute Gasteiger partial charge is 0.464 e. The Labute approximate surface area is 227 Å². The average Bonchev–Trinajstić information content (AvgIpc) is 2.89.